The number of carbonyl (C=O) groups excluding carboxylic acids is 2. The second-order valence-electron chi connectivity index (χ2n) is 5.87. The molecular weight excluding hydrogens is 302 g/mol. The molecule has 0 spiro atoms. The van der Waals surface area contributed by atoms with Crippen molar-refractivity contribution >= 4 is 17.5 Å². The number of rotatable bonds is 3. The van der Waals surface area contributed by atoms with Crippen LogP contribution in [0.5, 0.6) is 0 Å². The van der Waals surface area contributed by atoms with Gasteiger partial charge in [-0.05, 0) is 49.1 Å². The van der Waals surface area contributed by atoms with Crippen LogP contribution in [0, 0.1) is 13.8 Å². The molecule has 1 aromatic carbocycles. The number of hydrogen-bond donors (Lipinski definition) is 0. The van der Waals surface area contributed by atoms with Gasteiger partial charge in [0.15, 0.2) is 0 Å². The van der Waals surface area contributed by atoms with Gasteiger partial charge in [0, 0.05) is 12.4 Å². The average Bonchev–Trinajstić information content (AvgIpc) is 2.94. The highest BCUT2D eigenvalue weighted by atomic mass is 16.6. The molecule has 0 saturated heterocycles. The highest BCUT2D eigenvalue weighted by Crippen LogP contribution is 2.24. The summed E-state index contributed by atoms with van der Waals surface area (Å²) in [4.78, 5) is 24.6. The van der Waals surface area contributed by atoms with E-state index in [1.165, 1.54) is 0 Å². The summed E-state index contributed by atoms with van der Waals surface area (Å²) in [5, 5.41) is 0. The first-order valence-electron chi connectivity index (χ1n) is 7.93. The first-order valence-corrected chi connectivity index (χ1v) is 7.93. The number of hydrogen-bond acceptors (Lipinski definition) is 3. The Morgan fingerprint density at radius 1 is 1.04 bits per heavy atom. The molecule has 2 aromatic heterocycles. The molecule has 0 N–H and O–H groups in total. The van der Waals surface area contributed by atoms with Crippen molar-refractivity contribution in [1.29, 1.82) is 0 Å². The predicted molar refractivity (Wildman–Crippen MR) is 92.4 cm³/mol. The molecule has 24 heavy (non-hydrogen) atoms. The molecule has 0 aliphatic heterocycles. The molecule has 0 saturated carbocycles. The number of aryl methyl sites for hydroxylation is 3. The van der Waals surface area contributed by atoms with Crippen molar-refractivity contribution in [3.05, 3.63) is 76.6 Å². The molecule has 0 atom stereocenters. The summed E-state index contributed by atoms with van der Waals surface area (Å²) in [6.45, 7) is 6.02. The van der Waals surface area contributed by atoms with Gasteiger partial charge in [-0.25, -0.2) is 9.59 Å². The van der Waals surface area contributed by atoms with Crippen LogP contribution in [0.3, 0.4) is 0 Å². The standard InChI is InChI=1S/C20H19NO3/c1-4-16-17(12-21-11-13(2)10-14(3)18(16)21)20(23)24-19(22)15-8-6-5-7-9-15/h5-12H,4H2,1-3H3. The summed E-state index contributed by atoms with van der Waals surface area (Å²) >= 11 is 0. The van der Waals surface area contributed by atoms with E-state index in [1.54, 1.807) is 36.5 Å². The molecule has 0 fully saturated rings. The average molecular weight is 321 g/mol. The second-order valence-corrected chi connectivity index (χ2v) is 5.87. The quantitative estimate of drug-likeness (QED) is 0.538. The number of ether oxygens (including phenoxy) is 1. The Kier molecular flexibility index (Phi) is 4.21. The van der Waals surface area contributed by atoms with Gasteiger partial charge in [0.1, 0.15) is 0 Å². The number of fused-ring (bicyclic) bond motifs is 1. The van der Waals surface area contributed by atoms with E-state index in [1.807, 2.05) is 31.4 Å². The Hall–Kier alpha value is -2.88. The highest BCUT2D eigenvalue weighted by Gasteiger charge is 2.21. The van der Waals surface area contributed by atoms with Crippen LogP contribution in [-0.2, 0) is 11.2 Å². The maximum absolute atomic E-state index is 12.5. The normalized spacial score (nSPS) is 10.8. The number of esters is 2. The monoisotopic (exact) mass is 321 g/mol. The molecule has 122 valence electrons. The number of benzene rings is 1. The maximum atomic E-state index is 12.5. The van der Waals surface area contributed by atoms with Crippen molar-refractivity contribution in [2.45, 2.75) is 27.2 Å². The fourth-order valence-corrected chi connectivity index (χ4v) is 3.08. The molecule has 4 nitrogen and oxygen atoms in total. The first-order chi connectivity index (χ1) is 11.5. The summed E-state index contributed by atoms with van der Waals surface area (Å²) in [6.07, 6.45) is 4.40. The fraction of sp³-hybridized carbons (Fsp3) is 0.200. The Morgan fingerprint density at radius 2 is 1.75 bits per heavy atom. The van der Waals surface area contributed by atoms with Gasteiger partial charge in [0.2, 0.25) is 0 Å². The molecule has 0 bridgehead atoms. The van der Waals surface area contributed by atoms with Crippen LogP contribution >= 0.6 is 0 Å². The SMILES string of the molecule is CCc1c(C(=O)OC(=O)c2ccccc2)cn2cc(C)cc(C)c12. The number of nitrogens with zero attached hydrogens (tertiary/aromatic N) is 1. The van der Waals surface area contributed by atoms with Gasteiger partial charge in [0.25, 0.3) is 0 Å². The van der Waals surface area contributed by atoms with Gasteiger partial charge >= 0.3 is 11.9 Å². The topological polar surface area (TPSA) is 47.8 Å². The van der Waals surface area contributed by atoms with E-state index in [0.717, 1.165) is 22.2 Å². The van der Waals surface area contributed by atoms with Gasteiger partial charge in [-0.1, -0.05) is 31.2 Å². The van der Waals surface area contributed by atoms with Gasteiger partial charge < -0.3 is 9.14 Å². The molecule has 0 aliphatic carbocycles. The third-order valence-corrected chi connectivity index (χ3v) is 4.07. The van der Waals surface area contributed by atoms with Gasteiger partial charge in [0.05, 0.1) is 16.6 Å². The van der Waals surface area contributed by atoms with Crippen LogP contribution in [0.1, 0.15) is 44.3 Å². The van der Waals surface area contributed by atoms with Crippen LogP contribution in [0.4, 0.5) is 0 Å². The number of carbonyl (C=O) groups is 2. The van der Waals surface area contributed by atoms with Gasteiger partial charge in [-0.3, -0.25) is 0 Å². The molecule has 3 aromatic rings. The van der Waals surface area contributed by atoms with Crippen LogP contribution in [-0.4, -0.2) is 16.3 Å². The van der Waals surface area contributed by atoms with E-state index in [4.69, 9.17) is 4.74 Å². The molecule has 3 rings (SSSR count). The zero-order valence-corrected chi connectivity index (χ0v) is 14.0. The Labute approximate surface area is 140 Å². The lowest BCUT2D eigenvalue weighted by Crippen LogP contribution is -2.13. The largest absolute Gasteiger partial charge is 0.386 e. The highest BCUT2D eigenvalue weighted by molar-refractivity contribution is 6.04. The third kappa shape index (κ3) is 2.83. The Morgan fingerprint density at radius 3 is 2.42 bits per heavy atom. The number of pyridine rings is 1. The van der Waals surface area contributed by atoms with E-state index in [0.29, 0.717) is 17.5 Å². The van der Waals surface area contributed by atoms with E-state index < -0.39 is 11.9 Å². The van der Waals surface area contributed by atoms with Crippen molar-refractivity contribution < 1.29 is 14.3 Å². The minimum Gasteiger partial charge on any atom is -0.386 e. The van der Waals surface area contributed by atoms with Crippen LogP contribution in [0.25, 0.3) is 5.52 Å². The van der Waals surface area contributed by atoms with Crippen molar-refractivity contribution in [2.24, 2.45) is 0 Å². The smallest absolute Gasteiger partial charge is 0.347 e. The molecule has 0 unspecified atom stereocenters. The Bertz CT molecular complexity index is 923. The minimum atomic E-state index is -0.634. The Balaban J connectivity index is 1.98. The van der Waals surface area contributed by atoms with Crippen molar-refractivity contribution in [2.75, 3.05) is 0 Å². The lowest BCUT2D eigenvalue weighted by Gasteiger charge is -2.05. The number of aromatic nitrogens is 1. The summed E-state index contributed by atoms with van der Waals surface area (Å²) in [6, 6.07) is 10.6. The molecule has 4 heteroatoms. The van der Waals surface area contributed by atoms with Crippen LogP contribution < -0.4 is 0 Å². The molecule has 2 heterocycles. The lowest BCUT2D eigenvalue weighted by molar-refractivity contribution is 0.0397. The van der Waals surface area contributed by atoms with Gasteiger partial charge in [-0.2, -0.15) is 0 Å². The van der Waals surface area contributed by atoms with E-state index >= 15 is 0 Å². The molecular formula is C20H19NO3. The van der Waals surface area contributed by atoms with Crippen molar-refractivity contribution in [3.63, 3.8) is 0 Å². The maximum Gasteiger partial charge on any atom is 0.347 e. The zero-order valence-electron chi connectivity index (χ0n) is 14.0. The fourth-order valence-electron chi connectivity index (χ4n) is 3.08. The van der Waals surface area contributed by atoms with E-state index in [-0.39, 0.29) is 0 Å². The summed E-state index contributed by atoms with van der Waals surface area (Å²) in [5.74, 6) is -1.24. The predicted octanol–water partition coefficient (Wildman–Crippen LogP) is 4.12. The van der Waals surface area contributed by atoms with Crippen LogP contribution in [0.15, 0.2) is 48.8 Å². The zero-order chi connectivity index (χ0) is 17.3. The summed E-state index contributed by atoms with van der Waals surface area (Å²) in [5.41, 5.74) is 4.91. The van der Waals surface area contributed by atoms with Crippen molar-refractivity contribution in [3.8, 4) is 0 Å². The van der Waals surface area contributed by atoms with Crippen LogP contribution in [0.2, 0.25) is 0 Å². The molecule has 0 radical (unpaired) electrons. The summed E-state index contributed by atoms with van der Waals surface area (Å²) < 4.78 is 7.01. The summed E-state index contributed by atoms with van der Waals surface area (Å²) in [7, 11) is 0. The second kappa shape index (κ2) is 6.32. The van der Waals surface area contributed by atoms with Gasteiger partial charge in [-0.15, -0.1) is 0 Å². The first kappa shape index (κ1) is 16.0. The third-order valence-electron chi connectivity index (χ3n) is 4.07. The van der Waals surface area contributed by atoms with E-state index in [9.17, 15) is 9.59 Å². The molecule has 0 amide bonds. The van der Waals surface area contributed by atoms with Crippen molar-refractivity contribution in [1.82, 2.24) is 4.40 Å². The minimum absolute atomic E-state index is 0.361. The van der Waals surface area contributed by atoms with E-state index in [2.05, 4.69) is 6.07 Å². The lowest BCUT2D eigenvalue weighted by atomic mass is 10.1. The molecule has 0 aliphatic rings.